The number of hydrogen-bond acceptors (Lipinski definition) is 3. The molecule has 0 fully saturated rings. The maximum absolute atomic E-state index is 12.0. The number of carbonyl (C=O) groups excluding carboxylic acids is 1. The summed E-state index contributed by atoms with van der Waals surface area (Å²) in [6.07, 6.45) is 0. The molecule has 90 valence electrons. The van der Waals surface area contributed by atoms with Crippen molar-refractivity contribution in [2.45, 2.75) is 19.1 Å². The molecule has 0 spiro atoms. The largest absolute Gasteiger partial charge is 0.301 e. The van der Waals surface area contributed by atoms with Gasteiger partial charge in [0.1, 0.15) is 0 Å². The van der Waals surface area contributed by atoms with Gasteiger partial charge in [-0.3, -0.25) is 9.79 Å². The summed E-state index contributed by atoms with van der Waals surface area (Å²) in [6, 6.07) is 5.80. The van der Waals surface area contributed by atoms with E-state index in [2.05, 4.69) is 39.8 Å². The van der Waals surface area contributed by atoms with Crippen molar-refractivity contribution in [2.24, 2.45) is 4.99 Å². The number of hydrogen-bond donors (Lipinski definition) is 1. The monoisotopic (exact) mass is 360 g/mol. The number of amidine groups is 1. The smallest absolute Gasteiger partial charge is 0.257 e. The lowest BCUT2D eigenvalue weighted by atomic mass is 10.1. The first-order valence-corrected chi connectivity index (χ1v) is 7.30. The first kappa shape index (κ1) is 12.9. The molecular formula is C12H13IN2OS. The summed E-state index contributed by atoms with van der Waals surface area (Å²) in [6.45, 7) is 4.83. The van der Waals surface area contributed by atoms with Crippen LogP contribution in [0.15, 0.2) is 23.2 Å². The number of nitrogens with one attached hydrogen (secondary N) is 1. The standard InChI is InChI=1S/C12H13IN2OS/c1-7-5-9(13)3-4-10(7)11(16)15-12-14-6-8(2)17-12/h3-5,8H,6H2,1-2H3,(H,14,15,16). The van der Waals surface area contributed by atoms with Crippen LogP contribution in [0.1, 0.15) is 22.8 Å². The van der Waals surface area contributed by atoms with Crippen molar-refractivity contribution in [2.75, 3.05) is 6.54 Å². The van der Waals surface area contributed by atoms with Gasteiger partial charge in [0.25, 0.3) is 5.91 Å². The van der Waals surface area contributed by atoms with Crippen molar-refractivity contribution < 1.29 is 4.79 Å². The fourth-order valence-corrected chi connectivity index (χ4v) is 3.07. The highest BCUT2D eigenvalue weighted by atomic mass is 127. The third kappa shape index (κ3) is 3.22. The van der Waals surface area contributed by atoms with Crippen molar-refractivity contribution in [3.05, 3.63) is 32.9 Å². The Morgan fingerprint density at radius 1 is 1.59 bits per heavy atom. The Morgan fingerprint density at radius 3 is 2.94 bits per heavy atom. The van der Waals surface area contributed by atoms with Crippen LogP contribution in [-0.2, 0) is 0 Å². The van der Waals surface area contributed by atoms with Crippen molar-refractivity contribution in [3.8, 4) is 0 Å². The molecule has 1 aliphatic rings. The first-order valence-electron chi connectivity index (χ1n) is 5.35. The molecule has 1 atom stereocenters. The minimum Gasteiger partial charge on any atom is -0.301 e. The van der Waals surface area contributed by atoms with Gasteiger partial charge in [0.05, 0.1) is 6.54 Å². The van der Waals surface area contributed by atoms with Crippen LogP contribution in [-0.4, -0.2) is 22.9 Å². The number of amides is 1. The summed E-state index contributed by atoms with van der Waals surface area (Å²) in [5, 5.41) is 4.06. The molecule has 1 amide bonds. The fourth-order valence-electron chi connectivity index (χ4n) is 1.59. The quantitative estimate of drug-likeness (QED) is 0.783. The first-order chi connectivity index (χ1) is 8.06. The number of aliphatic imine (C=N–C) groups is 1. The van der Waals surface area contributed by atoms with Gasteiger partial charge in [0.2, 0.25) is 0 Å². The van der Waals surface area contributed by atoms with E-state index in [1.807, 2.05) is 25.1 Å². The van der Waals surface area contributed by atoms with Crippen LogP contribution < -0.4 is 5.32 Å². The van der Waals surface area contributed by atoms with Gasteiger partial charge >= 0.3 is 0 Å². The Labute approximate surface area is 119 Å². The van der Waals surface area contributed by atoms with Crippen molar-refractivity contribution >= 4 is 45.4 Å². The van der Waals surface area contributed by atoms with Crippen LogP contribution in [0.25, 0.3) is 0 Å². The summed E-state index contributed by atoms with van der Waals surface area (Å²) < 4.78 is 1.14. The molecule has 0 aromatic heterocycles. The summed E-state index contributed by atoms with van der Waals surface area (Å²) >= 11 is 3.85. The number of carbonyl (C=O) groups is 1. The maximum Gasteiger partial charge on any atom is 0.257 e. The highest BCUT2D eigenvalue weighted by Gasteiger charge is 2.18. The van der Waals surface area contributed by atoms with Crippen LogP contribution in [0.5, 0.6) is 0 Å². The Morgan fingerprint density at radius 2 is 2.35 bits per heavy atom. The van der Waals surface area contributed by atoms with Crippen LogP contribution in [0, 0.1) is 10.5 Å². The zero-order valence-electron chi connectivity index (χ0n) is 9.66. The zero-order valence-corrected chi connectivity index (χ0v) is 12.6. The van der Waals surface area contributed by atoms with Gasteiger partial charge in [-0.05, 0) is 53.3 Å². The van der Waals surface area contributed by atoms with Crippen LogP contribution in [0.4, 0.5) is 0 Å². The molecule has 0 saturated heterocycles. The van der Waals surface area contributed by atoms with Gasteiger partial charge in [0.15, 0.2) is 5.17 Å². The molecular weight excluding hydrogens is 347 g/mol. The van der Waals surface area contributed by atoms with Gasteiger partial charge in [-0.2, -0.15) is 0 Å². The minimum atomic E-state index is -0.0701. The molecule has 5 heteroatoms. The van der Waals surface area contributed by atoms with E-state index in [0.717, 1.165) is 20.8 Å². The number of aryl methyl sites for hydroxylation is 1. The second-order valence-electron chi connectivity index (χ2n) is 3.99. The molecule has 1 unspecified atom stereocenters. The SMILES string of the molecule is Cc1cc(I)ccc1C(=O)NC1=NCC(C)S1. The Bertz CT molecular complexity index is 487. The van der Waals surface area contributed by atoms with Crippen molar-refractivity contribution in [3.63, 3.8) is 0 Å². The van der Waals surface area contributed by atoms with Crippen molar-refractivity contribution in [1.82, 2.24) is 5.32 Å². The molecule has 17 heavy (non-hydrogen) atoms. The van der Waals surface area contributed by atoms with E-state index >= 15 is 0 Å². The Balaban J connectivity index is 2.10. The van der Waals surface area contributed by atoms with Gasteiger partial charge in [-0.15, -0.1) is 0 Å². The van der Waals surface area contributed by atoms with E-state index < -0.39 is 0 Å². The van der Waals surface area contributed by atoms with E-state index in [1.165, 1.54) is 0 Å². The molecule has 0 bridgehead atoms. The second kappa shape index (κ2) is 5.39. The highest BCUT2D eigenvalue weighted by molar-refractivity contribution is 14.1. The third-order valence-corrected chi connectivity index (χ3v) is 4.14. The molecule has 0 radical (unpaired) electrons. The predicted octanol–water partition coefficient (Wildman–Crippen LogP) is 2.82. The number of halogens is 1. The second-order valence-corrected chi connectivity index (χ2v) is 6.66. The van der Waals surface area contributed by atoms with E-state index in [4.69, 9.17) is 0 Å². The van der Waals surface area contributed by atoms with E-state index in [-0.39, 0.29) is 5.91 Å². The van der Waals surface area contributed by atoms with E-state index in [9.17, 15) is 4.79 Å². The van der Waals surface area contributed by atoms with Crippen LogP contribution >= 0.6 is 34.4 Å². The summed E-state index contributed by atoms with van der Waals surface area (Å²) in [4.78, 5) is 16.3. The lowest BCUT2D eigenvalue weighted by Gasteiger charge is -2.07. The fraction of sp³-hybridized carbons (Fsp3) is 0.333. The highest BCUT2D eigenvalue weighted by Crippen LogP contribution is 2.19. The van der Waals surface area contributed by atoms with Crippen molar-refractivity contribution in [1.29, 1.82) is 0 Å². The number of nitrogens with zero attached hydrogens (tertiary/aromatic N) is 1. The lowest BCUT2D eigenvalue weighted by Crippen LogP contribution is -2.28. The van der Waals surface area contributed by atoms with Crippen LogP contribution in [0.2, 0.25) is 0 Å². The lowest BCUT2D eigenvalue weighted by molar-refractivity contribution is 0.0977. The molecule has 1 aliphatic heterocycles. The molecule has 3 nitrogen and oxygen atoms in total. The van der Waals surface area contributed by atoms with E-state index in [1.54, 1.807) is 11.8 Å². The Hall–Kier alpha value is -0.560. The van der Waals surface area contributed by atoms with E-state index in [0.29, 0.717) is 10.8 Å². The predicted molar refractivity (Wildman–Crippen MR) is 80.7 cm³/mol. The van der Waals surface area contributed by atoms with Gasteiger partial charge in [0, 0.05) is 14.4 Å². The third-order valence-electron chi connectivity index (χ3n) is 2.46. The van der Waals surface area contributed by atoms with Gasteiger partial charge < -0.3 is 5.32 Å². The minimum absolute atomic E-state index is 0.0701. The van der Waals surface area contributed by atoms with Crippen LogP contribution in [0.3, 0.4) is 0 Å². The average Bonchev–Trinajstić information content (AvgIpc) is 2.63. The summed E-state index contributed by atoms with van der Waals surface area (Å²) in [5.74, 6) is -0.0701. The topological polar surface area (TPSA) is 41.5 Å². The normalized spacial score (nSPS) is 19.0. The molecule has 1 aromatic rings. The molecule has 1 aromatic carbocycles. The molecule has 2 rings (SSSR count). The molecule has 1 heterocycles. The number of benzene rings is 1. The average molecular weight is 360 g/mol. The zero-order chi connectivity index (χ0) is 12.4. The number of thioether (sulfide) groups is 1. The van der Waals surface area contributed by atoms with Gasteiger partial charge in [-0.25, -0.2) is 0 Å². The summed E-state index contributed by atoms with van der Waals surface area (Å²) in [7, 11) is 0. The maximum atomic E-state index is 12.0. The molecule has 0 aliphatic carbocycles. The molecule has 1 N–H and O–H groups in total. The summed E-state index contributed by atoms with van der Waals surface area (Å²) in [5.41, 5.74) is 1.71. The Kier molecular flexibility index (Phi) is 4.09. The van der Waals surface area contributed by atoms with Gasteiger partial charge in [-0.1, -0.05) is 18.7 Å². The number of rotatable bonds is 1. The molecule has 0 saturated carbocycles.